The van der Waals surface area contributed by atoms with Crippen LogP contribution in [0.2, 0.25) is 0 Å². The van der Waals surface area contributed by atoms with Crippen molar-refractivity contribution in [2.75, 3.05) is 6.54 Å². The molecule has 1 aromatic heterocycles. The number of nitrogens with one attached hydrogen (secondary N) is 1. The number of nitrogens with zero attached hydrogens (tertiary/aromatic N) is 1. The van der Waals surface area contributed by atoms with E-state index in [0.29, 0.717) is 25.5 Å². The van der Waals surface area contributed by atoms with E-state index in [2.05, 4.69) is 103 Å². The molecule has 0 aliphatic heterocycles. The van der Waals surface area contributed by atoms with Crippen molar-refractivity contribution in [3.63, 3.8) is 0 Å². The molecule has 4 aromatic carbocycles. The van der Waals surface area contributed by atoms with E-state index in [1.807, 2.05) is 36.4 Å². The largest absolute Gasteiger partial charge is 0.489 e. The van der Waals surface area contributed by atoms with Crippen LogP contribution in [0.15, 0.2) is 115 Å². The van der Waals surface area contributed by atoms with Gasteiger partial charge >= 0.3 is 0 Å². The fourth-order valence-electron chi connectivity index (χ4n) is 5.01. The van der Waals surface area contributed by atoms with Crippen molar-refractivity contribution in [3.8, 4) is 5.75 Å². The molecule has 39 heavy (non-hydrogen) atoms. The molecule has 1 atom stereocenters. The first kappa shape index (κ1) is 26.3. The van der Waals surface area contributed by atoms with Gasteiger partial charge in [-0.3, -0.25) is 4.79 Å². The second-order valence-corrected chi connectivity index (χ2v) is 10.5. The number of ether oxygens (including phenoxy) is 1. The first-order valence-electron chi connectivity index (χ1n) is 13.7. The first-order chi connectivity index (χ1) is 19.1. The zero-order valence-corrected chi connectivity index (χ0v) is 22.7. The highest BCUT2D eigenvalue weighted by atomic mass is 16.5. The maximum atomic E-state index is 13.2. The molecule has 4 heteroatoms. The van der Waals surface area contributed by atoms with Gasteiger partial charge in [-0.25, -0.2) is 0 Å². The number of carbonyl (C=O) groups is 1. The Morgan fingerprint density at radius 2 is 1.51 bits per heavy atom. The average molecular weight is 517 g/mol. The minimum Gasteiger partial charge on any atom is -0.489 e. The monoisotopic (exact) mass is 516 g/mol. The molecule has 1 unspecified atom stereocenters. The Hall–Kier alpha value is -4.31. The lowest BCUT2D eigenvalue weighted by molar-refractivity contribution is -0.121. The van der Waals surface area contributed by atoms with E-state index in [1.54, 1.807) is 0 Å². The smallest absolute Gasteiger partial charge is 0.220 e. The van der Waals surface area contributed by atoms with Crippen LogP contribution in [0.4, 0.5) is 0 Å². The van der Waals surface area contributed by atoms with Crippen LogP contribution >= 0.6 is 0 Å². The van der Waals surface area contributed by atoms with Crippen LogP contribution in [-0.4, -0.2) is 17.0 Å². The zero-order chi connectivity index (χ0) is 27.0. The van der Waals surface area contributed by atoms with E-state index in [4.69, 9.17) is 4.74 Å². The Kier molecular flexibility index (Phi) is 8.42. The van der Waals surface area contributed by atoms with Crippen molar-refractivity contribution >= 4 is 16.8 Å². The SMILES string of the molecule is CC(C)CNC(=O)CC(c1cccc(OCc2ccccc2)c1)c1cn(Cc2ccccc2)c2ccccc12. The molecule has 5 rings (SSSR count). The molecule has 0 saturated heterocycles. The summed E-state index contributed by atoms with van der Waals surface area (Å²) in [5.74, 6) is 1.15. The van der Waals surface area contributed by atoms with Gasteiger partial charge in [0.25, 0.3) is 0 Å². The normalized spacial score (nSPS) is 12.0. The summed E-state index contributed by atoms with van der Waals surface area (Å²) in [6, 6.07) is 37.4. The first-order valence-corrected chi connectivity index (χ1v) is 13.7. The van der Waals surface area contributed by atoms with Crippen molar-refractivity contribution in [2.45, 2.75) is 39.3 Å². The van der Waals surface area contributed by atoms with Crippen LogP contribution in [0.25, 0.3) is 10.9 Å². The van der Waals surface area contributed by atoms with Crippen LogP contribution < -0.4 is 10.1 Å². The summed E-state index contributed by atoms with van der Waals surface area (Å²) in [5.41, 5.74) is 5.76. The fraction of sp³-hybridized carbons (Fsp3) is 0.229. The van der Waals surface area contributed by atoms with Crippen LogP contribution in [0, 0.1) is 5.92 Å². The second kappa shape index (κ2) is 12.5. The van der Waals surface area contributed by atoms with Gasteiger partial charge in [-0.1, -0.05) is 105 Å². The van der Waals surface area contributed by atoms with Gasteiger partial charge < -0.3 is 14.6 Å². The van der Waals surface area contributed by atoms with Gasteiger partial charge in [0.05, 0.1) is 0 Å². The lowest BCUT2D eigenvalue weighted by atomic mass is 9.88. The minimum absolute atomic E-state index is 0.0594. The predicted octanol–water partition coefficient (Wildman–Crippen LogP) is 7.56. The highest BCUT2D eigenvalue weighted by Gasteiger charge is 2.23. The number of carbonyl (C=O) groups excluding carboxylic acids is 1. The van der Waals surface area contributed by atoms with Crippen LogP contribution in [0.3, 0.4) is 0 Å². The Labute approximate surface area is 231 Å². The second-order valence-electron chi connectivity index (χ2n) is 10.5. The third kappa shape index (κ3) is 6.77. The Morgan fingerprint density at radius 1 is 0.821 bits per heavy atom. The van der Waals surface area contributed by atoms with Gasteiger partial charge in [0, 0.05) is 42.5 Å². The molecular weight excluding hydrogens is 480 g/mol. The van der Waals surface area contributed by atoms with Crippen molar-refractivity contribution in [1.29, 1.82) is 0 Å². The molecule has 0 aliphatic rings. The van der Waals surface area contributed by atoms with Crippen molar-refractivity contribution in [1.82, 2.24) is 9.88 Å². The third-order valence-corrected chi connectivity index (χ3v) is 7.00. The molecule has 1 N–H and O–H groups in total. The standard InChI is InChI=1S/C35H36N2O2/c1-26(2)22-36-35(38)21-32(29-16-11-17-30(20-29)39-25-28-14-7-4-8-15-28)33-24-37(23-27-12-5-3-6-13-27)34-19-10-9-18-31(33)34/h3-20,24,26,32H,21-23,25H2,1-2H3,(H,36,38). The summed E-state index contributed by atoms with van der Waals surface area (Å²) in [4.78, 5) is 13.2. The molecule has 0 bridgehead atoms. The van der Waals surface area contributed by atoms with Gasteiger partial charge in [0.1, 0.15) is 12.4 Å². The van der Waals surface area contributed by atoms with Crippen molar-refractivity contribution in [3.05, 3.63) is 138 Å². The minimum atomic E-state index is -0.112. The Balaban J connectivity index is 1.50. The molecule has 0 fully saturated rings. The maximum absolute atomic E-state index is 13.2. The molecular formula is C35H36N2O2. The van der Waals surface area contributed by atoms with E-state index in [-0.39, 0.29) is 11.8 Å². The van der Waals surface area contributed by atoms with Gasteiger partial charge in [-0.15, -0.1) is 0 Å². The maximum Gasteiger partial charge on any atom is 0.220 e. The number of benzene rings is 4. The van der Waals surface area contributed by atoms with Crippen molar-refractivity contribution < 1.29 is 9.53 Å². The molecule has 4 nitrogen and oxygen atoms in total. The van der Waals surface area contributed by atoms with Gasteiger partial charge in [0.2, 0.25) is 5.91 Å². The Morgan fingerprint density at radius 3 is 2.26 bits per heavy atom. The number of fused-ring (bicyclic) bond motifs is 1. The van der Waals surface area contributed by atoms with Gasteiger partial charge in [-0.05, 0) is 46.4 Å². The summed E-state index contributed by atoms with van der Waals surface area (Å²) in [6.07, 6.45) is 2.60. The molecule has 0 aliphatic carbocycles. The predicted molar refractivity (Wildman–Crippen MR) is 159 cm³/mol. The van der Waals surface area contributed by atoms with Crippen LogP contribution in [0.1, 0.15) is 48.4 Å². The number of amides is 1. The number of para-hydroxylation sites is 1. The van der Waals surface area contributed by atoms with E-state index >= 15 is 0 Å². The molecule has 5 aromatic rings. The zero-order valence-electron chi connectivity index (χ0n) is 22.7. The van der Waals surface area contributed by atoms with Crippen LogP contribution in [0.5, 0.6) is 5.75 Å². The lowest BCUT2D eigenvalue weighted by Crippen LogP contribution is -2.28. The number of hydrogen-bond donors (Lipinski definition) is 1. The fourth-order valence-corrected chi connectivity index (χ4v) is 5.01. The highest BCUT2D eigenvalue weighted by Crippen LogP contribution is 2.36. The molecule has 0 spiro atoms. The number of hydrogen-bond acceptors (Lipinski definition) is 2. The summed E-state index contributed by atoms with van der Waals surface area (Å²) in [7, 11) is 0. The summed E-state index contributed by atoms with van der Waals surface area (Å²) in [6.45, 7) is 6.17. The van der Waals surface area contributed by atoms with E-state index in [9.17, 15) is 4.79 Å². The molecule has 1 heterocycles. The summed E-state index contributed by atoms with van der Waals surface area (Å²) >= 11 is 0. The third-order valence-electron chi connectivity index (χ3n) is 7.00. The van der Waals surface area contributed by atoms with E-state index in [0.717, 1.165) is 29.0 Å². The van der Waals surface area contributed by atoms with E-state index < -0.39 is 0 Å². The summed E-state index contributed by atoms with van der Waals surface area (Å²) in [5, 5.41) is 4.30. The quantitative estimate of drug-likeness (QED) is 0.197. The average Bonchev–Trinajstić information content (AvgIpc) is 3.33. The summed E-state index contributed by atoms with van der Waals surface area (Å²) < 4.78 is 8.47. The Bertz CT molecular complexity index is 1510. The van der Waals surface area contributed by atoms with Crippen molar-refractivity contribution in [2.24, 2.45) is 5.92 Å². The van der Waals surface area contributed by atoms with E-state index in [1.165, 1.54) is 16.5 Å². The molecule has 0 saturated carbocycles. The van der Waals surface area contributed by atoms with Crippen LogP contribution in [-0.2, 0) is 17.9 Å². The topological polar surface area (TPSA) is 43.3 Å². The molecule has 1 amide bonds. The highest BCUT2D eigenvalue weighted by molar-refractivity contribution is 5.87. The molecule has 198 valence electrons. The van der Waals surface area contributed by atoms with Gasteiger partial charge in [0.15, 0.2) is 0 Å². The number of aromatic nitrogens is 1. The number of rotatable bonds is 11. The molecule has 0 radical (unpaired) electrons. The lowest BCUT2D eigenvalue weighted by Gasteiger charge is -2.19. The van der Waals surface area contributed by atoms with Gasteiger partial charge in [-0.2, -0.15) is 0 Å².